The van der Waals surface area contributed by atoms with Gasteiger partial charge in [-0.25, -0.2) is 4.98 Å². The summed E-state index contributed by atoms with van der Waals surface area (Å²) in [5, 5.41) is 0.697. The maximum absolute atomic E-state index is 12.9. The van der Waals surface area contributed by atoms with Gasteiger partial charge in [-0.05, 0) is 29.0 Å². The van der Waals surface area contributed by atoms with Crippen LogP contribution in [0.4, 0.5) is 0 Å². The first kappa shape index (κ1) is 18.6. The number of aryl methyl sites for hydroxylation is 1. The first-order valence-electron chi connectivity index (χ1n) is 9.50. The fraction of sp³-hybridized carbons (Fsp3) is 0.250. The molecular weight excluding hydrogens is 364 g/mol. The summed E-state index contributed by atoms with van der Waals surface area (Å²) in [6.07, 6.45) is 0.624. The van der Waals surface area contributed by atoms with Crippen LogP contribution in [-0.4, -0.2) is 9.97 Å². The van der Waals surface area contributed by atoms with Gasteiger partial charge in [0.1, 0.15) is 10.7 Å². The van der Waals surface area contributed by atoms with E-state index in [-0.39, 0.29) is 11.0 Å². The summed E-state index contributed by atoms with van der Waals surface area (Å²) >= 11 is 1.59. The minimum atomic E-state index is -0.0600. The third kappa shape index (κ3) is 3.52. The van der Waals surface area contributed by atoms with Crippen molar-refractivity contribution in [2.24, 2.45) is 0 Å². The number of benzene rings is 2. The van der Waals surface area contributed by atoms with Crippen LogP contribution >= 0.6 is 11.3 Å². The molecule has 0 aliphatic carbocycles. The van der Waals surface area contributed by atoms with Crippen LogP contribution in [0.15, 0.2) is 59.4 Å². The van der Waals surface area contributed by atoms with Gasteiger partial charge in [0.2, 0.25) is 0 Å². The second-order valence-corrected chi connectivity index (χ2v) is 9.42. The van der Waals surface area contributed by atoms with Crippen LogP contribution in [0.25, 0.3) is 21.3 Å². The van der Waals surface area contributed by atoms with Crippen LogP contribution in [0.1, 0.15) is 42.6 Å². The van der Waals surface area contributed by atoms with Crippen molar-refractivity contribution < 1.29 is 0 Å². The molecular formula is C24H24N2OS. The lowest BCUT2D eigenvalue weighted by molar-refractivity contribution is 0.590. The largest absolute Gasteiger partial charge is 0.310 e. The number of rotatable bonds is 3. The van der Waals surface area contributed by atoms with Crippen molar-refractivity contribution in [3.63, 3.8) is 0 Å². The van der Waals surface area contributed by atoms with E-state index in [4.69, 9.17) is 4.98 Å². The molecule has 2 aromatic carbocycles. The molecule has 0 fully saturated rings. The van der Waals surface area contributed by atoms with Crippen LogP contribution < -0.4 is 5.56 Å². The van der Waals surface area contributed by atoms with Crippen molar-refractivity contribution in [2.75, 3.05) is 0 Å². The predicted octanol–water partition coefficient (Wildman–Crippen LogP) is 5.85. The van der Waals surface area contributed by atoms with Crippen molar-refractivity contribution in [1.29, 1.82) is 0 Å². The highest BCUT2D eigenvalue weighted by Crippen LogP contribution is 2.36. The molecule has 4 rings (SSSR count). The molecule has 28 heavy (non-hydrogen) atoms. The quantitative estimate of drug-likeness (QED) is 0.478. The number of hydrogen-bond donors (Lipinski definition) is 1. The lowest BCUT2D eigenvalue weighted by Gasteiger charge is -2.19. The predicted molar refractivity (Wildman–Crippen MR) is 118 cm³/mol. The molecule has 2 heterocycles. The van der Waals surface area contributed by atoms with Crippen LogP contribution in [0.3, 0.4) is 0 Å². The van der Waals surface area contributed by atoms with E-state index in [0.29, 0.717) is 17.6 Å². The lowest BCUT2D eigenvalue weighted by atomic mass is 9.86. The Labute approximate surface area is 169 Å². The molecule has 0 saturated carbocycles. The molecule has 0 saturated heterocycles. The number of nitrogens with one attached hydrogen (secondary N) is 1. The van der Waals surface area contributed by atoms with E-state index in [2.05, 4.69) is 56.9 Å². The Morgan fingerprint density at radius 3 is 2.32 bits per heavy atom. The Morgan fingerprint density at radius 2 is 1.68 bits per heavy atom. The Balaban J connectivity index is 1.78. The Hall–Kier alpha value is -2.72. The van der Waals surface area contributed by atoms with Crippen molar-refractivity contribution >= 4 is 21.6 Å². The maximum Gasteiger partial charge on any atom is 0.260 e. The van der Waals surface area contributed by atoms with E-state index in [1.54, 1.807) is 11.3 Å². The zero-order valence-electron chi connectivity index (χ0n) is 16.7. The average molecular weight is 389 g/mol. The first-order valence-corrected chi connectivity index (χ1v) is 10.3. The highest BCUT2D eigenvalue weighted by molar-refractivity contribution is 7.19. The van der Waals surface area contributed by atoms with Crippen molar-refractivity contribution in [2.45, 2.75) is 39.5 Å². The summed E-state index contributed by atoms with van der Waals surface area (Å²) in [7, 11) is 0. The smallest absolute Gasteiger partial charge is 0.260 e. The zero-order chi connectivity index (χ0) is 19.9. The second-order valence-electron chi connectivity index (χ2n) is 8.22. The van der Waals surface area contributed by atoms with Gasteiger partial charge >= 0.3 is 0 Å². The normalized spacial score (nSPS) is 11.9. The topological polar surface area (TPSA) is 45.8 Å². The fourth-order valence-corrected chi connectivity index (χ4v) is 4.59. The SMILES string of the molecule is Cc1sc2nc(Cc3ccccc3)[nH]c(=O)c2c1-c1ccc(C(C)(C)C)cc1. The van der Waals surface area contributed by atoms with Gasteiger partial charge in [-0.15, -0.1) is 11.3 Å². The minimum absolute atomic E-state index is 0.0600. The highest BCUT2D eigenvalue weighted by Gasteiger charge is 2.18. The van der Waals surface area contributed by atoms with Crippen LogP contribution in [0.5, 0.6) is 0 Å². The number of hydrogen-bond acceptors (Lipinski definition) is 3. The van der Waals surface area contributed by atoms with Gasteiger partial charge in [-0.2, -0.15) is 0 Å². The molecule has 1 N–H and O–H groups in total. The van der Waals surface area contributed by atoms with Gasteiger partial charge in [0.15, 0.2) is 0 Å². The molecule has 4 heteroatoms. The second kappa shape index (κ2) is 7.02. The van der Waals surface area contributed by atoms with Gasteiger partial charge in [0.05, 0.1) is 5.39 Å². The fourth-order valence-electron chi connectivity index (χ4n) is 3.52. The summed E-state index contributed by atoms with van der Waals surface area (Å²) in [5.74, 6) is 0.708. The van der Waals surface area contributed by atoms with Gasteiger partial charge in [0.25, 0.3) is 5.56 Å². The molecule has 0 aliphatic heterocycles. The van der Waals surface area contributed by atoms with E-state index < -0.39 is 0 Å². The summed E-state index contributed by atoms with van der Waals surface area (Å²) in [5.41, 5.74) is 4.53. The molecule has 4 aromatic rings. The van der Waals surface area contributed by atoms with E-state index in [9.17, 15) is 4.79 Å². The Morgan fingerprint density at radius 1 is 1.00 bits per heavy atom. The van der Waals surface area contributed by atoms with Crippen LogP contribution in [0, 0.1) is 6.92 Å². The van der Waals surface area contributed by atoms with E-state index in [0.717, 1.165) is 26.4 Å². The third-order valence-corrected chi connectivity index (χ3v) is 6.04. The molecule has 0 aliphatic rings. The monoisotopic (exact) mass is 388 g/mol. The minimum Gasteiger partial charge on any atom is -0.310 e. The molecule has 0 bridgehead atoms. The first-order chi connectivity index (χ1) is 13.3. The molecule has 0 spiro atoms. The third-order valence-electron chi connectivity index (χ3n) is 5.04. The summed E-state index contributed by atoms with van der Waals surface area (Å²) in [6, 6.07) is 18.6. The van der Waals surface area contributed by atoms with Gasteiger partial charge in [-0.1, -0.05) is 75.4 Å². The van der Waals surface area contributed by atoms with Crippen LogP contribution in [-0.2, 0) is 11.8 Å². The number of aromatic nitrogens is 2. The Bertz CT molecular complexity index is 1180. The average Bonchev–Trinajstić information content (AvgIpc) is 2.98. The molecule has 0 radical (unpaired) electrons. The van der Waals surface area contributed by atoms with E-state index in [1.807, 2.05) is 30.3 Å². The van der Waals surface area contributed by atoms with Gasteiger partial charge in [0, 0.05) is 16.9 Å². The number of aromatic amines is 1. The van der Waals surface area contributed by atoms with Crippen LogP contribution in [0.2, 0.25) is 0 Å². The maximum atomic E-state index is 12.9. The standard InChI is InChI=1S/C24H24N2OS/c1-15-20(17-10-12-18(13-11-17)24(2,3)4)21-22(27)25-19(26-23(21)28-15)14-16-8-6-5-7-9-16/h5-13H,14H2,1-4H3,(H,25,26,27). The number of fused-ring (bicyclic) bond motifs is 1. The van der Waals surface area contributed by atoms with Gasteiger partial charge in [-0.3, -0.25) is 4.79 Å². The summed E-state index contributed by atoms with van der Waals surface area (Å²) < 4.78 is 0. The summed E-state index contributed by atoms with van der Waals surface area (Å²) in [6.45, 7) is 8.68. The number of nitrogens with zero attached hydrogens (tertiary/aromatic N) is 1. The lowest BCUT2D eigenvalue weighted by Crippen LogP contribution is -2.12. The van der Waals surface area contributed by atoms with Crippen molar-refractivity contribution in [3.8, 4) is 11.1 Å². The number of H-pyrrole nitrogens is 1. The van der Waals surface area contributed by atoms with Gasteiger partial charge < -0.3 is 4.98 Å². The number of thiophene rings is 1. The molecule has 3 nitrogen and oxygen atoms in total. The molecule has 0 amide bonds. The molecule has 142 valence electrons. The zero-order valence-corrected chi connectivity index (χ0v) is 17.5. The van der Waals surface area contributed by atoms with Crippen molar-refractivity contribution in [3.05, 3.63) is 86.8 Å². The Kier molecular flexibility index (Phi) is 4.68. The van der Waals surface area contributed by atoms with Crippen molar-refractivity contribution in [1.82, 2.24) is 9.97 Å². The molecule has 0 unspecified atom stereocenters. The molecule has 2 aromatic heterocycles. The molecule has 0 atom stereocenters. The highest BCUT2D eigenvalue weighted by atomic mass is 32.1. The van der Waals surface area contributed by atoms with E-state index in [1.165, 1.54) is 5.56 Å². The summed E-state index contributed by atoms with van der Waals surface area (Å²) in [4.78, 5) is 22.6. The van der Waals surface area contributed by atoms with E-state index >= 15 is 0 Å².